The number of hydrogen-bond acceptors (Lipinski definition) is 8. The molecule has 0 saturated carbocycles. The van der Waals surface area contributed by atoms with E-state index in [1.54, 1.807) is 12.1 Å². The summed E-state index contributed by atoms with van der Waals surface area (Å²) < 4.78 is 1.89. The second-order valence-electron chi connectivity index (χ2n) is 6.11. The van der Waals surface area contributed by atoms with Crippen LogP contribution >= 0.6 is 23.1 Å². The number of nitrogens with zero attached hydrogens (tertiary/aromatic N) is 5. The number of benzene rings is 1. The second-order valence-corrected chi connectivity index (χ2v) is 8.23. The number of nitrogens with one attached hydrogen (secondary N) is 2. The van der Waals surface area contributed by atoms with Crippen LogP contribution in [0, 0.1) is 6.92 Å². The van der Waals surface area contributed by atoms with Gasteiger partial charge in [-0.15, -0.1) is 20.4 Å². The maximum absolute atomic E-state index is 12.4. The molecule has 3 aromatic rings. The van der Waals surface area contributed by atoms with Crippen LogP contribution in [0.15, 0.2) is 35.5 Å². The first kappa shape index (κ1) is 20.9. The summed E-state index contributed by atoms with van der Waals surface area (Å²) in [6.07, 6.45) is 0. The third kappa shape index (κ3) is 5.39. The molecule has 0 aliphatic heterocycles. The molecule has 0 saturated heterocycles. The largest absolute Gasteiger partial charge is 0.342 e. The molecule has 11 heteroatoms. The van der Waals surface area contributed by atoms with Gasteiger partial charge in [-0.25, -0.2) is 0 Å². The number of anilines is 1. The zero-order chi connectivity index (χ0) is 20.8. The van der Waals surface area contributed by atoms with Crippen LogP contribution in [0.5, 0.6) is 0 Å². The second kappa shape index (κ2) is 9.61. The van der Waals surface area contributed by atoms with Crippen LogP contribution in [-0.2, 0) is 11.3 Å². The monoisotopic (exact) mass is 431 g/mol. The van der Waals surface area contributed by atoms with Gasteiger partial charge < -0.3 is 9.88 Å². The molecular formula is C18H21N7O2S2. The Morgan fingerprint density at radius 3 is 2.59 bits per heavy atom. The number of thioether (sulfide) groups is 1. The summed E-state index contributed by atoms with van der Waals surface area (Å²) in [5, 5.41) is 23.7. The minimum atomic E-state index is -0.331. The highest BCUT2D eigenvalue weighted by atomic mass is 32.2. The lowest BCUT2D eigenvalue weighted by Crippen LogP contribution is -2.28. The van der Waals surface area contributed by atoms with Crippen molar-refractivity contribution in [1.82, 2.24) is 30.3 Å². The molecule has 2 heterocycles. The molecule has 1 atom stereocenters. The van der Waals surface area contributed by atoms with Gasteiger partial charge in [0.2, 0.25) is 11.0 Å². The summed E-state index contributed by atoms with van der Waals surface area (Å²) in [5.41, 5.74) is 0.583. The first-order valence-electron chi connectivity index (χ1n) is 8.99. The Kier molecular flexibility index (Phi) is 6.94. The van der Waals surface area contributed by atoms with Crippen LogP contribution in [0.1, 0.15) is 41.1 Å². The molecule has 2 N–H and O–H groups in total. The molecular weight excluding hydrogens is 410 g/mol. The predicted molar refractivity (Wildman–Crippen MR) is 112 cm³/mol. The quantitative estimate of drug-likeness (QED) is 0.527. The van der Waals surface area contributed by atoms with Crippen molar-refractivity contribution in [2.75, 3.05) is 11.1 Å². The van der Waals surface area contributed by atoms with Gasteiger partial charge in [0.1, 0.15) is 5.01 Å². The lowest BCUT2D eigenvalue weighted by atomic mass is 10.2. The molecule has 1 aromatic carbocycles. The van der Waals surface area contributed by atoms with Crippen molar-refractivity contribution in [3.05, 3.63) is 46.7 Å². The van der Waals surface area contributed by atoms with Gasteiger partial charge in [-0.3, -0.25) is 14.9 Å². The highest BCUT2D eigenvalue weighted by Crippen LogP contribution is 2.21. The van der Waals surface area contributed by atoms with E-state index in [1.165, 1.54) is 23.1 Å². The summed E-state index contributed by atoms with van der Waals surface area (Å²) in [5.74, 6) is 0.439. The Morgan fingerprint density at radius 2 is 1.93 bits per heavy atom. The van der Waals surface area contributed by atoms with Gasteiger partial charge in [-0.05, 0) is 32.9 Å². The summed E-state index contributed by atoms with van der Waals surface area (Å²) in [4.78, 5) is 24.5. The molecule has 0 aliphatic rings. The Hall–Kier alpha value is -2.79. The van der Waals surface area contributed by atoms with Gasteiger partial charge in [-0.2, -0.15) is 0 Å². The lowest BCUT2D eigenvalue weighted by molar-refractivity contribution is -0.113. The molecule has 152 valence electrons. The number of rotatable bonds is 8. The van der Waals surface area contributed by atoms with Crippen LogP contribution in [0.3, 0.4) is 0 Å². The van der Waals surface area contributed by atoms with Gasteiger partial charge >= 0.3 is 0 Å². The van der Waals surface area contributed by atoms with E-state index < -0.39 is 0 Å². The van der Waals surface area contributed by atoms with E-state index in [9.17, 15) is 9.59 Å². The third-order valence-corrected chi connectivity index (χ3v) is 5.66. The van der Waals surface area contributed by atoms with Crippen LogP contribution < -0.4 is 10.6 Å². The van der Waals surface area contributed by atoms with Crippen LogP contribution in [0.25, 0.3) is 0 Å². The number of aromatic nitrogens is 5. The highest BCUT2D eigenvalue weighted by molar-refractivity contribution is 7.99. The molecule has 0 bridgehead atoms. The first-order chi connectivity index (χ1) is 14.0. The fourth-order valence-electron chi connectivity index (χ4n) is 2.59. The molecule has 3 rings (SSSR count). The van der Waals surface area contributed by atoms with E-state index in [0.717, 1.165) is 5.01 Å². The van der Waals surface area contributed by atoms with Crippen LogP contribution in [0.2, 0.25) is 0 Å². The van der Waals surface area contributed by atoms with E-state index in [2.05, 4.69) is 31.0 Å². The van der Waals surface area contributed by atoms with Crippen LogP contribution in [0.4, 0.5) is 5.13 Å². The van der Waals surface area contributed by atoms with E-state index >= 15 is 0 Å². The SMILES string of the molecule is CCn1c(SCC(=O)Nc2nnc(C)s2)nnc1[C@@H](C)NC(=O)c1ccccc1. The first-order valence-corrected chi connectivity index (χ1v) is 10.8. The molecule has 2 amide bonds. The zero-order valence-electron chi connectivity index (χ0n) is 16.2. The highest BCUT2D eigenvalue weighted by Gasteiger charge is 2.20. The van der Waals surface area contributed by atoms with Crippen molar-refractivity contribution in [2.45, 2.75) is 38.5 Å². The van der Waals surface area contributed by atoms with Crippen molar-refractivity contribution in [2.24, 2.45) is 0 Å². The fraction of sp³-hybridized carbons (Fsp3) is 0.333. The molecule has 0 spiro atoms. The molecule has 29 heavy (non-hydrogen) atoms. The zero-order valence-corrected chi connectivity index (χ0v) is 17.9. The molecule has 0 radical (unpaired) electrons. The van der Waals surface area contributed by atoms with Gasteiger partial charge in [0.05, 0.1) is 11.8 Å². The topological polar surface area (TPSA) is 115 Å². The molecule has 9 nitrogen and oxygen atoms in total. The molecule has 0 aliphatic carbocycles. The van der Waals surface area contributed by atoms with Crippen molar-refractivity contribution < 1.29 is 9.59 Å². The van der Waals surface area contributed by atoms with Gasteiger partial charge in [0.15, 0.2) is 11.0 Å². The van der Waals surface area contributed by atoms with E-state index in [0.29, 0.717) is 28.2 Å². The summed E-state index contributed by atoms with van der Waals surface area (Å²) >= 11 is 2.60. The summed E-state index contributed by atoms with van der Waals surface area (Å²) in [7, 11) is 0. The summed E-state index contributed by atoms with van der Waals surface area (Å²) in [6, 6.07) is 8.67. The smallest absolute Gasteiger partial charge is 0.251 e. The van der Waals surface area contributed by atoms with Gasteiger partial charge in [0, 0.05) is 12.1 Å². The van der Waals surface area contributed by atoms with E-state index in [1.807, 2.05) is 43.5 Å². The fourth-order valence-corrected chi connectivity index (χ4v) is 4.01. The van der Waals surface area contributed by atoms with Crippen molar-refractivity contribution >= 4 is 40.0 Å². The third-order valence-electron chi connectivity index (χ3n) is 3.94. The van der Waals surface area contributed by atoms with Crippen molar-refractivity contribution in [3.63, 3.8) is 0 Å². The van der Waals surface area contributed by atoms with Crippen molar-refractivity contribution in [1.29, 1.82) is 0 Å². The normalized spacial score (nSPS) is 11.8. The maximum Gasteiger partial charge on any atom is 0.251 e. The number of carbonyl (C=O) groups is 2. The van der Waals surface area contributed by atoms with E-state index in [-0.39, 0.29) is 23.6 Å². The van der Waals surface area contributed by atoms with Crippen molar-refractivity contribution in [3.8, 4) is 0 Å². The average Bonchev–Trinajstić information content (AvgIpc) is 3.32. The minimum absolute atomic E-state index is 0.168. The van der Waals surface area contributed by atoms with E-state index in [4.69, 9.17) is 0 Å². The van der Waals surface area contributed by atoms with Crippen LogP contribution in [-0.4, -0.2) is 42.5 Å². The number of hydrogen-bond donors (Lipinski definition) is 2. The van der Waals surface area contributed by atoms with Gasteiger partial charge in [0.25, 0.3) is 5.91 Å². The Bertz CT molecular complexity index is 987. The Morgan fingerprint density at radius 1 is 1.17 bits per heavy atom. The van der Waals surface area contributed by atoms with Gasteiger partial charge in [-0.1, -0.05) is 41.3 Å². The average molecular weight is 432 g/mol. The predicted octanol–water partition coefficient (Wildman–Crippen LogP) is 2.68. The maximum atomic E-state index is 12.4. The Labute approximate surface area is 176 Å². The minimum Gasteiger partial charge on any atom is -0.342 e. The summed E-state index contributed by atoms with van der Waals surface area (Å²) in [6.45, 7) is 6.27. The molecule has 2 aromatic heterocycles. The number of amides is 2. The molecule has 0 fully saturated rings. The lowest BCUT2D eigenvalue weighted by Gasteiger charge is -2.15. The number of carbonyl (C=O) groups excluding carboxylic acids is 2. The number of aryl methyl sites for hydroxylation is 1. The molecule has 0 unspecified atom stereocenters. The Balaban J connectivity index is 1.61. The standard InChI is InChI=1S/C18H21N7O2S2/c1-4-25-15(11(2)19-16(27)13-8-6-5-7-9-13)22-24-18(25)28-10-14(26)20-17-23-21-12(3)29-17/h5-9,11H,4,10H2,1-3H3,(H,19,27)(H,20,23,26)/t11-/m1/s1.